The summed E-state index contributed by atoms with van der Waals surface area (Å²) >= 11 is 0. The zero-order valence-electron chi connectivity index (χ0n) is 12.4. The Morgan fingerprint density at radius 1 is 1.21 bits per heavy atom. The van der Waals surface area contributed by atoms with Crippen molar-refractivity contribution < 1.29 is 9.90 Å². The molecular weight excluding hydrogens is 240 g/mol. The number of nitrogens with two attached hydrogens (primary N) is 1. The fourth-order valence-electron chi connectivity index (χ4n) is 3.47. The van der Waals surface area contributed by atoms with Gasteiger partial charge in [0.05, 0.1) is 5.60 Å². The van der Waals surface area contributed by atoms with E-state index in [1.54, 1.807) is 0 Å². The van der Waals surface area contributed by atoms with Crippen molar-refractivity contribution >= 4 is 5.91 Å². The summed E-state index contributed by atoms with van der Waals surface area (Å²) in [6, 6.07) is 0.151. The van der Waals surface area contributed by atoms with Crippen LogP contribution in [-0.2, 0) is 4.79 Å². The van der Waals surface area contributed by atoms with Gasteiger partial charge in [-0.25, -0.2) is 0 Å². The SMILES string of the molecule is CC1CC(C)C(C(=O)N2CCC(C)(O)CC2)CC1N. The number of amides is 1. The van der Waals surface area contributed by atoms with Gasteiger partial charge in [0.2, 0.25) is 5.91 Å². The molecule has 1 aliphatic carbocycles. The second-order valence-electron chi connectivity index (χ2n) is 7.02. The summed E-state index contributed by atoms with van der Waals surface area (Å²) in [7, 11) is 0. The van der Waals surface area contributed by atoms with E-state index >= 15 is 0 Å². The Balaban J connectivity index is 1.96. The summed E-state index contributed by atoms with van der Waals surface area (Å²) in [6.45, 7) is 7.57. The minimum absolute atomic E-state index is 0.0780. The second-order valence-corrected chi connectivity index (χ2v) is 7.02. The van der Waals surface area contributed by atoms with Gasteiger partial charge in [-0.05, 0) is 44.4 Å². The summed E-state index contributed by atoms with van der Waals surface area (Å²) in [6.07, 6.45) is 3.22. The van der Waals surface area contributed by atoms with Gasteiger partial charge in [-0.1, -0.05) is 13.8 Å². The summed E-state index contributed by atoms with van der Waals surface area (Å²) in [5.74, 6) is 1.27. The first-order chi connectivity index (χ1) is 8.80. The Morgan fingerprint density at radius 2 is 1.79 bits per heavy atom. The third-order valence-corrected chi connectivity index (χ3v) is 5.16. The van der Waals surface area contributed by atoms with E-state index in [1.807, 2.05) is 11.8 Å². The molecule has 0 aromatic carbocycles. The van der Waals surface area contributed by atoms with E-state index in [0.717, 1.165) is 12.8 Å². The number of aliphatic hydroxyl groups is 1. The molecule has 2 rings (SSSR count). The van der Waals surface area contributed by atoms with E-state index in [2.05, 4.69) is 13.8 Å². The molecule has 2 fully saturated rings. The third kappa shape index (κ3) is 3.29. The lowest BCUT2D eigenvalue weighted by Gasteiger charge is -2.41. The largest absolute Gasteiger partial charge is 0.390 e. The molecule has 0 aromatic rings. The van der Waals surface area contributed by atoms with Crippen LogP contribution in [0.15, 0.2) is 0 Å². The topological polar surface area (TPSA) is 66.6 Å². The zero-order chi connectivity index (χ0) is 14.2. The van der Waals surface area contributed by atoms with E-state index in [1.165, 1.54) is 0 Å². The second kappa shape index (κ2) is 5.41. The van der Waals surface area contributed by atoms with Crippen LogP contribution in [0.2, 0.25) is 0 Å². The molecule has 0 radical (unpaired) electrons. The molecule has 0 spiro atoms. The predicted molar refractivity (Wildman–Crippen MR) is 75.5 cm³/mol. The van der Waals surface area contributed by atoms with Gasteiger partial charge in [0.25, 0.3) is 0 Å². The number of likely N-dealkylation sites (tertiary alicyclic amines) is 1. The van der Waals surface area contributed by atoms with Crippen molar-refractivity contribution in [3.05, 3.63) is 0 Å². The van der Waals surface area contributed by atoms with Gasteiger partial charge < -0.3 is 15.7 Å². The standard InChI is InChI=1S/C15H28N2O2/c1-10-8-11(2)13(16)9-12(10)14(18)17-6-4-15(3,19)5-7-17/h10-13,19H,4-9,16H2,1-3H3. The number of rotatable bonds is 1. The fraction of sp³-hybridized carbons (Fsp3) is 0.933. The molecule has 4 nitrogen and oxygen atoms in total. The van der Waals surface area contributed by atoms with Crippen molar-refractivity contribution in [2.45, 2.75) is 58.1 Å². The highest BCUT2D eigenvalue weighted by Crippen LogP contribution is 2.35. The number of carbonyl (C=O) groups is 1. The van der Waals surface area contributed by atoms with Crippen molar-refractivity contribution in [3.8, 4) is 0 Å². The normalized spacial score (nSPS) is 39.1. The van der Waals surface area contributed by atoms with Crippen LogP contribution in [-0.4, -0.2) is 40.6 Å². The highest BCUT2D eigenvalue weighted by atomic mass is 16.3. The smallest absolute Gasteiger partial charge is 0.226 e. The fourth-order valence-corrected chi connectivity index (χ4v) is 3.47. The molecule has 2 aliphatic rings. The van der Waals surface area contributed by atoms with Crippen LogP contribution >= 0.6 is 0 Å². The Bertz CT molecular complexity index is 333. The molecule has 1 aliphatic heterocycles. The summed E-state index contributed by atoms with van der Waals surface area (Å²) in [5.41, 5.74) is 5.53. The third-order valence-electron chi connectivity index (χ3n) is 5.16. The van der Waals surface area contributed by atoms with E-state index < -0.39 is 5.60 Å². The summed E-state index contributed by atoms with van der Waals surface area (Å²) in [4.78, 5) is 14.5. The van der Waals surface area contributed by atoms with E-state index in [4.69, 9.17) is 5.73 Å². The lowest BCUT2D eigenvalue weighted by atomic mass is 9.72. The quantitative estimate of drug-likeness (QED) is 0.755. The number of carbonyl (C=O) groups excluding carboxylic acids is 1. The average Bonchev–Trinajstić information content (AvgIpc) is 2.33. The molecule has 4 heteroatoms. The van der Waals surface area contributed by atoms with Gasteiger partial charge in [-0.2, -0.15) is 0 Å². The molecule has 4 unspecified atom stereocenters. The molecule has 0 aromatic heterocycles. The van der Waals surface area contributed by atoms with Crippen LogP contribution in [0.4, 0.5) is 0 Å². The van der Waals surface area contributed by atoms with Gasteiger partial charge in [-0.15, -0.1) is 0 Å². The highest BCUT2D eigenvalue weighted by Gasteiger charge is 2.39. The van der Waals surface area contributed by atoms with Crippen molar-refractivity contribution in [2.24, 2.45) is 23.5 Å². The maximum absolute atomic E-state index is 12.6. The van der Waals surface area contributed by atoms with Crippen molar-refractivity contribution in [2.75, 3.05) is 13.1 Å². The maximum Gasteiger partial charge on any atom is 0.226 e. The minimum Gasteiger partial charge on any atom is -0.390 e. The van der Waals surface area contributed by atoms with Gasteiger partial charge in [0.1, 0.15) is 0 Å². The Kier molecular flexibility index (Phi) is 4.21. The summed E-state index contributed by atoms with van der Waals surface area (Å²) in [5, 5.41) is 9.96. The molecule has 1 saturated carbocycles. The molecule has 1 amide bonds. The molecule has 1 saturated heterocycles. The van der Waals surface area contributed by atoms with Crippen molar-refractivity contribution in [3.63, 3.8) is 0 Å². The minimum atomic E-state index is -0.597. The Morgan fingerprint density at radius 3 is 2.37 bits per heavy atom. The van der Waals surface area contributed by atoms with Gasteiger partial charge in [-0.3, -0.25) is 4.79 Å². The van der Waals surface area contributed by atoms with Crippen LogP contribution in [0.1, 0.15) is 46.5 Å². The van der Waals surface area contributed by atoms with Crippen LogP contribution in [0.25, 0.3) is 0 Å². The first kappa shape index (κ1) is 14.8. The maximum atomic E-state index is 12.6. The van der Waals surface area contributed by atoms with Crippen LogP contribution in [0.5, 0.6) is 0 Å². The molecular formula is C15H28N2O2. The molecule has 4 atom stereocenters. The highest BCUT2D eigenvalue weighted by molar-refractivity contribution is 5.79. The van der Waals surface area contributed by atoms with Gasteiger partial charge in [0.15, 0.2) is 0 Å². The van der Waals surface area contributed by atoms with Crippen LogP contribution in [0, 0.1) is 17.8 Å². The van der Waals surface area contributed by atoms with Gasteiger partial charge in [0, 0.05) is 25.0 Å². The van der Waals surface area contributed by atoms with E-state index in [-0.39, 0.29) is 17.9 Å². The molecule has 110 valence electrons. The molecule has 1 heterocycles. The van der Waals surface area contributed by atoms with Gasteiger partial charge >= 0.3 is 0 Å². The molecule has 3 N–H and O–H groups in total. The van der Waals surface area contributed by atoms with E-state index in [0.29, 0.717) is 37.8 Å². The number of nitrogens with zero attached hydrogens (tertiary/aromatic N) is 1. The van der Waals surface area contributed by atoms with Crippen molar-refractivity contribution in [1.82, 2.24) is 4.90 Å². The Labute approximate surface area is 116 Å². The molecule has 0 bridgehead atoms. The lowest BCUT2D eigenvalue weighted by molar-refractivity contribution is -0.142. The first-order valence-corrected chi connectivity index (χ1v) is 7.57. The van der Waals surface area contributed by atoms with Crippen LogP contribution in [0.3, 0.4) is 0 Å². The molecule has 19 heavy (non-hydrogen) atoms. The zero-order valence-corrected chi connectivity index (χ0v) is 12.4. The predicted octanol–water partition coefficient (Wildman–Crippen LogP) is 1.37. The Hall–Kier alpha value is -0.610. The van der Waals surface area contributed by atoms with Crippen LogP contribution < -0.4 is 5.73 Å². The first-order valence-electron chi connectivity index (χ1n) is 7.57. The number of hydrogen-bond donors (Lipinski definition) is 2. The summed E-state index contributed by atoms with van der Waals surface area (Å²) < 4.78 is 0. The number of hydrogen-bond acceptors (Lipinski definition) is 3. The van der Waals surface area contributed by atoms with Crippen molar-refractivity contribution in [1.29, 1.82) is 0 Å². The monoisotopic (exact) mass is 268 g/mol. The van der Waals surface area contributed by atoms with E-state index in [9.17, 15) is 9.90 Å². The number of piperidine rings is 1. The lowest BCUT2D eigenvalue weighted by Crippen LogP contribution is -2.50. The average molecular weight is 268 g/mol.